The molecule has 1 fully saturated rings. The maximum absolute atomic E-state index is 13.2. The van der Waals surface area contributed by atoms with Gasteiger partial charge < -0.3 is 4.90 Å². The lowest BCUT2D eigenvalue weighted by Gasteiger charge is -2.17. The van der Waals surface area contributed by atoms with Crippen LogP contribution in [0.5, 0.6) is 0 Å². The molecule has 9 heteroatoms. The van der Waals surface area contributed by atoms with Crippen molar-refractivity contribution in [1.29, 1.82) is 5.26 Å². The van der Waals surface area contributed by atoms with E-state index < -0.39 is 23.6 Å². The predicted octanol–water partition coefficient (Wildman–Crippen LogP) is 0.524. The second-order valence-electron chi connectivity index (χ2n) is 4.83. The Morgan fingerprint density at radius 2 is 2.23 bits per heavy atom. The van der Waals surface area contributed by atoms with E-state index in [4.69, 9.17) is 5.26 Å². The average Bonchev–Trinajstić information content (AvgIpc) is 3.12. The lowest BCUT2D eigenvalue weighted by molar-refractivity contribution is 0.198. The fourth-order valence-corrected chi connectivity index (χ4v) is 2.39. The summed E-state index contributed by atoms with van der Waals surface area (Å²) in [4.78, 5) is 25.8. The topological polar surface area (TPSA) is 96.8 Å². The molecule has 0 bridgehead atoms. The van der Waals surface area contributed by atoms with Crippen LogP contribution >= 0.6 is 0 Å². The smallest absolute Gasteiger partial charge is 0.307 e. The van der Waals surface area contributed by atoms with E-state index in [1.165, 1.54) is 23.1 Å². The van der Waals surface area contributed by atoms with Gasteiger partial charge in [0.1, 0.15) is 11.9 Å². The predicted molar refractivity (Wildman–Crippen MR) is 71.7 cm³/mol. The lowest BCUT2D eigenvalue weighted by atomic mass is 10.2. The van der Waals surface area contributed by atoms with Gasteiger partial charge in [0.05, 0.1) is 11.8 Å². The molecular weight excluding hydrogens is 291 g/mol. The minimum atomic E-state index is -0.806. The molecule has 112 valence electrons. The van der Waals surface area contributed by atoms with Crippen LogP contribution in [0.15, 0.2) is 29.1 Å². The summed E-state index contributed by atoms with van der Waals surface area (Å²) < 4.78 is 14.6. The summed E-state index contributed by atoms with van der Waals surface area (Å²) in [6.07, 6.45) is 1.26. The van der Waals surface area contributed by atoms with Crippen LogP contribution < -0.4 is 5.69 Å². The first-order chi connectivity index (χ1) is 10.6. The van der Waals surface area contributed by atoms with E-state index in [1.807, 2.05) is 6.07 Å². The molecule has 1 atom stereocenters. The first kappa shape index (κ1) is 13.9. The zero-order valence-electron chi connectivity index (χ0n) is 11.4. The molecule has 1 aromatic carbocycles. The Balaban J connectivity index is 1.96. The number of hydrogen-bond acceptors (Lipinski definition) is 5. The molecule has 1 aliphatic rings. The Bertz CT molecular complexity index is 820. The van der Waals surface area contributed by atoms with Crippen LogP contribution in [-0.4, -0.2) is 43.3 Å². The number of amides is 1. The second kappa shape index (κ2) is 5.40. The molecule has 1 aromatic heterocycles. The molecule has 22 heavy (non-hydrogen) atoms. The molecule has 2 aromatic rings. The van der Waals surface area contributed by atoms with Crippen molar-refractivity contribution in [3.63, 3.8) is 0 Å². The van der Waals surface area contributed by atoms with Gasteiger partial charge >= 0.3 is 11.7 Å². The van der Waals surface area contributed by atoms with Crippen molar-refractivity contribution in [1.82, 2.24) is 24.7 Å². The van der Waals surface area contributed by atoms with Crippen LogP contribution in [0.4, 0.5) is 9.18 Å². The van der Waals surface area contributed by atoms with Crippen LogP contribution in [0, 0.1) is 17.1 Å². The highest BCUT2D eigenvalue weighted by Gasteiger charge is 2.31. The summed E-state index contributed by atoms with van der Waals surface area (Å²) >= 11 is 0. The van der Waals surface area contributed by atoms with E-state index in [1.54, 1.807) is 0 Å². The number of hydrogen-bond donors (Lipinski definition) is 0. The second-order valence-corrected chi connectivity index (χ2v) is 4.83. The molecule has 0 spiro atoms. The fraction of sp³-hybridized carbons (Fsp3) is 0.308. The minimum Gasteiger partial charge on any atom is -0.307 e. The highest BCUT2D eigenvalue weighted by molar-refractivity contribution is 5.76. The van der Waals surface area contributed by atoms with Gasteiger partial charge in [0.2, 0.25) is 0 Å². The third-order valence-corrected chi connectivity index (χ3v) is 3.46. The van der Waals surface area contributed by atoms with Crippen molar-refractivity contribution in [3.8, 4) is 11.8 Å². The number of rotatable bonds is 1. The number of nitrogens with zero attached hydrogens (tertiary/aromatic N) is 6. The van der Waals surface area contributed by atoms with Crippen molar-refractivity contribution in [2.45, 2.75) is 18.9 Å². The van der Waals surface area contributed by atoms with Gasteiger partial charge in [0, 0.05) is 6.54 Å². The molecule has 2 heterocycles. The van der Waals surface area contributed by atoms with Crippen LogP contribution in [0.1, 0.15) is 12.8 Å². The van der Waals surface area contributed by atoms with E-state index >= 15 is 0 Å². The van der Waals surface area contributed by atoms with Gasteiger partial charge in [-0.25, -0.2) is 14.0 Å². The summed E-state index contributed by atoms with van der Waals surface area (Å²) in [5.74, 6) is -0.533. The van der Waals surface area contributed by atoms with Crippen LogP contribution in [0.25, 0.3) is 5.69 Å². The van der Waals surface area contributed by atoms with Crippen molar-refractivity contribution in [2.75, 3.05) is 6.54 Å². The Hall–Kier alpha value is -3.02. The maximum atomic E-state index is 13.2. The van der Waals surface area contributed by atoms with E-state index in [-0.39, 0.29) is 5.69 Å². The number of tetrazole rings is 1. The summed E-state index contributed by atoms with van der Waals surface area (Å²) in [6.45, 7) is 0.385. The molecule has 1 aliphatic heterocycles. The number of carbonyl (C=O) groups is 1. The van der Waals surface area contributed by atoms with E-state index in [0.717, 1.165) is 10.7 Å². The molecule has 0 N–H and O–H groups in total. The third-order valence-electron chi connectivity index (χ3n) is 3.46. The van der Waals surface area contributed by atoms with Gasteiger partial charge in [-0.15, -0.1) is 4.68 Å². The molecule has 0 saturated carbocycles. The summed E-state index contributed by atoms with van der Waals surface area (Å²) in [7, 11) is 0. The van der Waals surface area contributed by atoms with E-state index in [9.17, 15) is 14.0 Å². The molecule has 1 amide bonds. The first-order valence-electron chi connectivity index (χ1n) is 6.63. The van der Waals surface area contributed by atoms with Gasteiger partial charge in [-0.3, -0.25) is 0 Å². The van der Waals surface area contributed by atoms with Crippen molar-refractivity contribution < 1.29 is 9.18 Å². The largest absolute Gasteiger partial charge is 0.377 e. The van der Waals surface area contributed by atoms with Crippen molar-refractivity contribution >= 4 is 6.03 Å². The molecule has 3 rings (SSSR count). The number of carbonyl (C=O) groups excluding carboxylic acids is 1. The van der Waals surface area contributed by atoms with Gasteiger partial charge in [-0.1, -0.05) is 6.07 Å². The van der Waals surface area contributed by atoms with Gasteiger partial charge in [0.25, 0.3) is 0 Å². The quantitative estimate of drug-likeness (QED) is 0.716. The monoisotopic (exact) mass is 302 g/mol. The van der Waals surface area contributed by atoms with E-state index in [0.29, 0.717) is 24.1 Å². The van der Waals surface area contributed by atoms with Crippen molar-refractivity contribution in [2.24, 2.45) is 0 Å². The van der Waals surface area contributed by atoms with Crippen molar-refractivity contribution in [3.05, 3.63) is 40.6 Å². The van der Waals surface area contributed by atoms with Crippen LogP contribution in [0.2, 0.25) is 0 Å². The maximum Gasteiger partial charge on any atom is 0.377 e. The average molecular weight is 302 g/mol. The molecule has 0 aliphatic carbocycles. The Morgan fingerprint density at radius 3 is 2.95 bits per heavy atom. The summed E-state index contributed by atoms with van der Waals surface area (Å²) in [6, 6.07) is 5.98. The molecular formula is C13H11FN6O2. The molecule has 1 saturated heterocycles. The van der Waals surface area contributed by atoms with Gasteiger partial charge in [-0.2, -0.15) is 9.94 Å². The molecule has 0 radical (unpaired) electrons. The summed E-state index contributed by atoms with van der Waals surface area (Å²) in [5.41, 5.74) is -0.638. The Morgan fingerprint density at radius 1 is 1.41 bits per heavy atom. The first-order valence-corrected chi connectivity index (χ1v) is 6.63. The lowest BCUT2D eigenvalue weighted by Crippen LogP contribution is -2.42. The van der Waals surface area contributed by atoms with Gasteiger partial charge in [-0.05, 0) is 41.5 Å². The summed E-state index contributed by atoms with van der Waals surface area (Å²) in [5, 5.41) is 16.1. The number of nitriles is 1. The standard InChI is InChI=1S/C13H11FN6O2/c14-9-3-1-4-10(7-9)19-13(22)20(17-16-19)12(21)18-6-2-5-11(18)8-15/h1,3-4,7,11H,2,5-6H2/t11-/m0/s1. The normalized spacial score (nSPS) is 17.5. The SMILES string of the molecule is N#C[C@@H]1CCCN1C(=O)n1nnn(-c2cccc(F)c2)c1=O. The number of benzene rings is 1. The van der Waals surface area contributed by atoms with E-state index in [2.05, 4.69) is 10.4 Å². The molecule has 0 unspecified atom stereocenters. The highest BCUT2D eigenvalue weighted by Crippen LogP contribution is 2.16. The highest BCUT2D eigenvalue weighted by atomic mass is 19.1. The fourth-order valence-electron chi connectivity index (χ4n) is 2.39. The van der Waals surface area contributed by atoms with Gasteiger partial charge in [0.15, 0.2) is 0 Å². The Labute approximate surface area is 124 Å². The minimum absolute atomic E-state index is 0.169. The Kier molecular flexibility index (Phi) is 3.42. The number of aromatic nitrogens is 4. The zero-order valence-corrected chi connectivity index (χ0v) is 11.4. The molecule has 8 nitrogen and oxygen atoms in total. The third kappa shape index (κ3) is 2.24. The zero-order chi connectivity index (χ0) is 15.7. The van der Waals surface area contributed by atoms with Crippen LogP contribution in [-0.2, 0) is 0 Å². The number of halogens is 1. The number of likely N-dealkylation sites (tertiary alicyclic amines) is 1. The van der Waals surface area contributed by atoms with Crippen LogP contribution in [0.3, 0.4) is 0 Å².